The summed E-state index contributed by atoms with van der Waals surface area (Å²) < 4.78 is 25.3. The second-order valence-corrected chi connectivity index (χ2v) is 9.15. The summed E-state index contributed by atoms with van der Waals surface area (Å²) >= 11 is 0. The molecule has 4 rings (SSSR count). The van der Waals surface area contributed by atoms with Crippen molar-refractivity contribution in [2.75, 3.05) is 13.1 Å². The Morgan fingerprint density at radius 2 is 1.88 bits per heavy atom. The normalized spacial score (nSPS) is 32.6. The lowest BCUT2D eigenvalue weighted by molar-refractivity contribution is -0.161. The molecule has 3 nitrogen and oxygen atoms in total. The second kappa shape index (κ2) is 6.29. The van der Waals surface area contributed by atoms with E-state index in [0.717, 1.165) is 44.3 Å². The zero-order valence-corrected chi connectivity index (χ0v) is 15.3. The highest BCUT2D eigenvalue weighted by Gasteiger charge is 2.52. The van der Waals surface area contributed by atoms with Gasteiger partial charge in [-0.3, -0.25) is 4.79 Å². The largest absolute Gasteiger partial charge is 0.390 e. The van der Waals surface area contributed by atoms with Crippen molar-refractivity contribution in [2.45, 2.75) is 57.5 Å². The van der Waals surface area contributed by atoms with E-state index in [2.05, 4.69) is 0 Å². The summed E-state index contributed by atoms with van der Waals surface area (Å²) in [5, 5.41) is 9.82. The molecule has 0 radical (unpaired) electrons. The molecular weight excluding hydrogens is 336 g/mol. The maximum atomic E-state index is 12.6. The molecule has 0 aromatic heterocycles. The minimum atomic E-state index is -2.41. The van der Waals surface area contributed by atoms with Gasteiger partial charge in [-0.05, 0) is 56.9 Å². The first-order valence-corrected chi connectivity index (χ1v) is 9.64. The molecular formula is C21H27F2NO2. The van der Waals surface area contributed by atoms with Crippen LogP contribution in [-0.2, 0) is 11.2 Å². The Morgan fingerprint density at radius 1 is 1.23 bits per heavy atom. The van der Waals surface area contributed by atoms with E-state index in [1.165, 1.54) is 12.1 Å². The first-order valence-electron chi connectivity index (χ1n) is 9.64. The van der Waals surface area contributed by atoms with Crippen molar-refractivity contribution in [3.63, 3.8) is 0 Å². The first-order chi connectivity index (χ1) is 12.3. The van der Waals surface area contributed by atoms with Crippen LogP contribution in [0.4, 0.5) is 8.78 Å². The predicted octanol–water partition coefficient (Wildman–Crippen LogP) is 3.96. The maximum absolute atomic E-state index is 12.6. The predicted molar refractivity (Wildman–Crippen MR) is 94.8 cm³/mol. The van der Waals surface area contributed by atoms with Crippen LogP contribution in [0.25, 0.3) is 0 Å². The minimum absolute atomic E-state index is 0.00731. The highest BCUT2D eigenvalue weighted by Crippen LogP contribution is 2.50. The molecule has 1 amide bonds. The first kappa shape index (κ1) is 17.9. The van der Waals surface area contributed by atoms with Gasteiger partial charge in [0.1, 0.15) is 0 Å². The van der Waals surface area contributed by atoms with Crippen LogP contribution in [0, 0.1) is 17.3 Å². The molecule has 1 saturated heterocycles. The molecule has 3 fully saturated rings. The van der Waals surface area contributed by atoms with Gasteiger partial charge >= 0.3 is 0 Å². The number of hydrogen-bond donors (Lipinski definition) is 1. The molecule has 2 saturated carbocycles. The van der Waals surface area contributed by atoms with Crippen molar-refractivity contribution in [1.82, 2.24) is 4.90 Å². The molecule has 3 aliphatic rings. The Hall–Kier alpha value is -1.49. The number of carbonyl (C=O) groups excluding carboxylic acids is 1. The van der Waals surface area contributed by atoms with E-state index in [-0.39, 0.29) is 22.8 Å². The molecule has 2 aliphatic carbocycles. The molecule has 1 aliphatic heterocycles. The Morgan fingerprint density at radius 3 is 2.46 bits per heavy atom. The Kier molecular flexibility index (Phi) is 4.33. The Labute approximate surface area is 153 Å². The van der Waals surface area contributed by atoms with Crippen LogP contribution < -0.4 is 0 Å². The summed E-state index contributed by atoms with van der Waals surface area (Å²) in [6.07, 6.45) is 3.13. The van der Waals surface area contributed by atoms with E-state index < -0.39 is 12.0 Å². The molecule has 1 aromatic rings. The third-order valence-corrected chi connectivity index (χ3v) is 6.65. The van der Waals surface area contributed by atoms with Crippen molar-refractivity contribution >= 4 is 5.91 Å². The topological polar surface area (TPSA) is 40.5 Å². The second-order valence-electron chi connectivity index (χ2n) is 9.15. The SMILES string of the molecule is CC1(O)CC(C(=O)N2CC3(CCC(Cc4ccc(C(F)F)cc4)C3)C2)C1. The molecule has 142 valence electrons. The van der Waals surface area contributed by atoms with Crippen molar-refractivity contribution in [1.29, 1.82) is 0 Å². The van der Waals surface area contributed by atoms with Crippen LogP contribution in [0.3, 0.4) is 0 Å². The van der Waals surface area contributed by atoms with Gasteiger partial charge in [0.15, 0.2) is 0 Å². The van der Waals surface area contributed by atoms with E-state index in [4.69, 9.17) is 0 Å². The van der Waals surface area contributed by atoms with Crippen LogP contribution in [0.15, 0.2) is 24.3 Å². The Bertz CT molecular complexity index is 672. The standard InChI is InChI=1S/C21H27F2NO2/c1-20(26)10-17(11-20)19(25)24-12-21(13-24)7-6-15(9-21)8-14-2-4-16(5-3-14)18(22)23/h2-5,15,17-18,26H,6-13H2,1H3. The number of aliphatic hydroxyl groups is 1. The summed E-state index contributed by atoms with van der Waals surface area (Å²) in [5.74, 6) is 0.801. The van der Waals surface area contributed by atoms with E-state index in [1.54, 1.807) is 6.92 Å². The van der Waals surface area contributed by atoms with Gasteiger partial charge in [-0.1, -0.05) is 24.3 Å². The van der Waals surface area contributed by atoms with Crippen LogP contribution >= 0.6 is 0 Å². The number of hydrogen-bond acceptors (Lipinski definition) is 2. The molecule has 1 atom stereocenters. The number of amides is 1. The van der Waals surface area contributed by atoms with Gasteiger partial charge in [0.2, 0.25) is 5.91 Å². The number of rotatable bonds is 4. The molecule has 1 N–H and O–H groups in total. The average molecular weight is 363 g/mol. The molecule has 5 heteroatoms. The summed E-state index contributed by atoms with van der Waals surface area (Å²) in [6.45, 7) is 3.50. The highest BCUT2D eigenvalue weighted by molar-refractivity contribution is 5.81. The molecule has 1 aromatic carbocycles. The van der Waals surface area contributed by atoms with Gasteiger partial charge < -0.3 is 10.0 Å². The zero-order valence-electron chi connectivity index (χ0n) is 15.3. The fraction of sp³-hybridized carbons (Fsp3) is 0.667. The number of benzene rings is 1. The molecule has 1 heterocycles. The van der Waals surface area contributed by atoms with Crippen LogP contribution in [0.1, 0.15) is 56.6 Å². The lowest BCUT2D eigenvalue weighted by atomic mass is 9.69. The van der Waals surface area contributed by atoms with Gasteiger partial charge in [-0.15, -0.1) is 0 Å². The van der Waals surface area contributed by atoms with E-state index in [0.29, 0.717) is 18.8 Å². The number of likely N-dealkylation sites (tertiary alicyclic amines) is 1. The van der Waals surface area contributed by atoms with Crippen LogP contribution in [0.5, 0.6) is 0 Å². The summed E-state index contributed by atoms with van der Waals surface area (Å²) in [6, 6.07) is 6.71. The molecule has 0 bridgehead atoms. The van der Waals surface area contributed by atoms with Gasteiger partial charge in [-0.25, -0.2) is 8.78 Å². The quantitative estimate of drug-likeness (QED) is 0.880. The van der Waals surface area contributed by atoms with Gasteiger partial charge in [0.25, 0.3) is 6.43 Å². The van der Waals surface area contributed by atoms with Crippen LogP contribution in [-0.4, -0.2) is 34.6 Å². The zero-order chi connectivity index (χ0) is 18.5. The fourth-order valence-corrected chi connectivity index (χ4v) is 5.27. The number of halogens is 2. The van der Waals surface area contributed by atoms with Crippen molar-refractivity contribution in [3.05, 3.63) is 35.4 Å². The number of nitrogens with zero attached hydrogens (tertiary/aromatic N) is 1. The van der Waals surface area contributed by atoms with E-state index in [9.17, 15) is 18.7 Å². The lowest BCUT2D eigenvalue weighted by Gasteiger charge is -2.52. The number of alkyl halides is 2. The average Bonchev–Trinajstić information content (AvgIpc) is 2.95. The van der Waals surface area contributed by atoms with E-state index in [1.807, 2.05) is 17.0 Å². The minimum Gasteiger partial charge on any atom is -0.390 e. The smallest absolute Gasteiger partial charge is 0.263 e. The molecule has 1 spiro atoms. The van der Waals surface area contributed by atoms with Crippen molar-refractivity contribution in [3.8, 4) is 0 Å². The highest BCUT2D eigenvalue weighted by atomic mass is 19.3. The van der Waals surface area contributed by atoms with Gasteiger partial charge in [0.05, 0.1) is 5.60 Å². The maximum Gasteiger partial charge on any atom is 0.263 e. The van der Waals surface area contributed by atoms with Gasteiger partial charge in [0, 0.05) is 30.0 Å². The summed E-state index contributed by atoms with van der Waals surface area (Å²) in [7, 11) is 0. The lowest BCUT2D eigenvalue weighted by Crippen LogP contribution is -2.61. The number of carbonyl (C=O) groups is 1. The third kappa shape index (κ3) is 3.38. The third-order valence-electron chi connectivity index (χ3n) is 6.65. The summed E-state index contributed by atoms with van der Waals surface area (Å²) in [4.78, 5) is 14.4. The summed E-state index contributed by atoms with van der Waals surface area (Å²) in [5.41, 5.74) is 0.830. The molecule has 26 heavy (non-hydrogen) atoms. The van der Waals surface area contributed by atoms with Gasteiger partial charge in [-0.2, -0.15) is 0 Å². The molecule has 1 unspecified atom stereocenters. The van der Waals surface area contributed by atoms with Crippen molar-refractivity contribution in [2.24, 2.45) is 17.3 Å². The Balaban J connectivity index is 1.26. The van der Waals surface area contributed by atoms with Crippen molar-refractivity contribution < 1.29 is 18.7 Å². The fourth-order valence-electron chi connectivity index (χ4n) is 5.27. The monoisotopic (exact) mass is 363 g/mol. The van der Waals surface area contributed by atoms with E-state index >= 15 is 0 Å². The van der Waals surface area contributed by atoms with Crippen LogP contribution in [0.2, 0.25) is 0 Å².